The molecule has 0 aliphatic carbocycles. The van der Waals surface area contributed by atoms with Crippen LogP contribution in [0.3, 0.4) is 0 Å². The van der Waals surface area contributed by atoms with Crippen LogP contribution in [0.1, 0.15) is 0 Å². The number of hydrogen-bond donors (Lipinski definition) is 0. The lowest BCUT2D eigenvalue weighted by Crippen LogP contribution is -1.99. The van der Waals surface area contributed by atoms with E-state index in [9.17, 15) is 0 Å². The van der Waals surface area contributed by atoms with E-state index in [4.69, 9.17) is 4.42 Å². The molecular weight excluding hydrogens is 861 g/mol. The molecule has 71 heavy (non-hydrogen) atoms. The Morgan fingerprint density at radius 3 is 1.63 bits per heavy atom. The van der Waals surface area contributed by atoms with Gasteiger partial charge in [0.2, 0.25) is 0 Å². The highest BCUT2D eigenvalue weighted by molar-refractivity contribution is 6.24. The van der Waals surface area contributed by atoms with Crippen molar-refractivity contribution in [2.24, 2.45) is 0 Å². The molecule has 15 rings (SSSR count). The molecule has 0 fully saturated rings. The SMILES string of the molecule is c1ccc(-c2ccc(-c3cc(-c4ccc5c6ccccc6n(-c6ccccc6)c5c4)cc(-c4c(-n5c6cc7ccccc7cc6c6c7ccccc7ccc65)ccc5c4oc4ccccc45)c3)cc2)cc1. The van der Waals surface area contributed by atoms with Crippen LogP contribution in [0.15, 0.2) is 259 Å². The zero-order valence-electron chi connectivity index (χ0n) is 38.6. The van der Waals surface area contributed by atoms with Gasteiger partial charge < -0.3 is 13.6 Å². The molecule has 0 atom stereocenters. The predicted octanol–water partition coefficient (Wildman–Crippen LogP) is 18.8. The Balaban J connectivity index is 1.05. The number of para-hydroxylation sites is 3. The van der Waals surface area contributed by atoms with Crippen LogP contribution < -0.4 is 0 Å². The first-order valence-corrected chi connectivity index (χ1v) is 24.4. The number of furan rings is 1. The van der Waals surface area contributed by atoms with Crippen LogP contribution in [0.4, 0.5) is 0 Å². The minimum Gasteiger partial charge on any atom is -0.455 e. The maximum absolute atomic E-state index is 7.14. The number of benzene rings is 12. The van der Waals surface area contributed by atoms with Gasteiger partial charge in [0.05, 0.1) is 27.8 Å². The number of rotatable bonds is 6. The van der Waals surface area contributed by atoms with E-state index in [-0.39, 0.29) is 0 Å². The molecule has 330 valence electrons. The molecule has 12 aromatic carbocycles. The van der Waals surface area contributed by atoms with Crippen LogP contribution in [-0.4, -0.2) is 9.13 Å². The molecule has 0 bridgehead atoms. The smallest absolute Gasteiger partial charge is 0.145 e. The van der Waals surface area contributed by atoms with Crippen LogP contribution in [-0.2, 0) is 0 Å². The van der Waals surface area contributed by atoms with Crippen molar-refractivity contribution in [3.63, 3.8) is 0 Å². The zero-order chi connectivity index (χ0) is 46.6. The predicted molar refractivity (Wildman–Crippen MR) is 299 cm³/mol. The monoisotopic (exact) mass is 902 g/mol. The molecule has 3 heterocycles. The van der Waals surface area contributed by atoms with E-state index >= 15 is 0 Å². The van der Waals surface area contributed by atoms with Crippen molar-refractivity contribution in [3.8, 4) is 55.9 Å². The lowest BCUT2D eigenvalue weighted by molar-refractivity contribution is 0.670. The van der Waals surface area contributed by atoms with E-state index in [0.29, 0.717) is 0 Å². The van der Waals surface area contributed by atoms with Gasteiger partial charge >= 0.3 is 0 Å². The van der Waals surface area contributed by atoms with Gasteiger partial charge in [0, 0.05) is 43.6 Å². The normalized spacial score (nSPS) is 11.9. The van der Waals surface area contributed by atoms with Gasteiger partial charge in [0.1, 0.15) is 11.2 Å². The molecular formula is C68H42N2O. The van der Waals surface area contributed by atoms with E-state index in [0.717, 1.165) is 77.7 Å². The fraction of sp³-hybridized carbons (Fsp3) is 0. The Bertz CT molecular complexity index is 4610. The summed E-state index contributed by atoms with van der Waals surface area (Å²) >= 11 is 0. The van der Waals surface area contributed by atoms with Crippen molar-refractivity contribution in [1.82, 2.24) is 9.13 Å². The molecule has 3 nitrogen and oxygen atoms in total. The van der Waals surface area contributed by atoms with Gasteiger partial charge in [-0.05, 0) is 139 Å². The first kappa shape index (κ1) is 39.5. The summed E-state index contributed by atoms with van der Waals surface area (Å²) in [4.78, 5) is 0. The maximum Gasteiger partial charge on any atom is 0.145 e. The Labute approximate surface area is 409 Å². The van der Waals surface area contributed by atoms with Gasteiger partial charge in [0.25, 0.3) is 0 Å². The van der Waals surface area contributed by atoms with Gasteiger partial charge in [0.15, 0.2) is 0 Å². The van der Waals surface area contributed by atoms with Crippen molar-refractivity contribution < 1.29 is 4.42 Å². The third-order valence-electron chi connectivity index (χ3n) is 14.9. The second-order valence-electron chi connectivity index (χ2n) is 18.8. The Hall–Kier alpha value is -9.44. The number of fused-ring (bicyclic) bond motifs is 12. The molecule has 15 aromatic rings. The van der Waals surface area contributed by atoms with E-state index in [2.05, 4.69) is 264 Å². The third-order valence-corrected chi connectivity index (χ3v) is 14.9. The van der Waals surface area contributed by atoms with E-state index in [1.54, 1.807) is 0 Å². The first-order valence-electron chi connectivity index (χ1n) is 24.4. The number of hydrogen-bond acceptors (Lipinski definition) is 1. The van der Waals surface area contributed by atoms with Crippen LogP contribution >= 0.6 is 0 Å². The summed E-state index contributed by atoms with van der Waals surface area (Å²) in [5.41, 5.74) is 17.6. The van der Waals surface area contributed by atoms with Crippen molar-refractivity contribution in [2.45, 2.75) is 0 Å². The summed E-state index contributed by atoms with van der Waals surface area (Å²) in [6.07, 6.45) is 0. The van der Waals surface area contributed by atoms with Crippen LogP contribution in [0.25, 0.3) is 143 Å². The lowest BCUT2D eigenvalue weighted by Gasteiger charge is -2.18. The zero-order valence-corrected chi connectivity index (χ0v) is 38.6. The quantitative estimate of drug-likeness (QED) is 0.163. The molecule has 0 saturated heterocycles. The average Bonchev–Trinajstić information content (AvgIpc) is 4.10. The molecule has 0 unspecified atom stereocenters. The van der Waals surface area contributed by atoms with Gasteiger partial charge in [-0.1, -0.05) is 176 Å². The Kier molecular flexibility index (Phi) is 8.66. The van der Waals surface area contributed by atoms with E-state index in [1.165, 1.54) is 65.3 Å². The van der Waals surface area contributed by atoms with Crippen LogP contribution in [0, 0.1) is 0 Å². The molecule has 3 heteroatoms. The lowest BCUT2D eigenvalue weighted by atomic mass is 9.91. The molecule has 0 N–H and O–H groups in total. The van der Waals surface area contributed by atoms with Crippen LogP contribution in [0.5, 0.6) is 0 Å². The fourth-order valence-corrected chi connectivity index (χ4v) is 11.6. The molecule has 0 saturated carbocycles. The van der Waals surface area contributed by atoms with Crippen LogP contribution in [0.2, 0.25) is 0 Å². The highest BCUT2D eigenvalue weighted by Crippen LogP contribution is 2.47. The minimum absolute atomic E-state index is 0.863. The summed E-state index contributed by atoms with van der Waals surface area (Å²) in [7, 11) is 0. The molecule has 0 aliphatic rings. The second kappa shape index (κ2) is 15.5. The van der Waals surface area contributed by atoms with Crippen molar-refractivity contribution in [2.75, 3.05) is 0 Å². The summed E-state index contributed by atoms with van der Waals surface area (Å²) in [5, 5.41) is 12.0. The van der Waals surface area contributed by atoms with E-state index in [1.807, 2.05) is 0 Å². The van der Waals surface area contributed by atoms with Gasteiger partial charge in [-0.2, -0.15) is 0 Å². The van der Waals surface area contributed by atoms with Crippen molar-refractivity contribution >= 4 is 87.1 Å². The Morgan fingerprint density at radius 1 is 0.268 bits per heavy atom. The van der Waals surface area contributed by atoms with Gasteiger partial charge in [-0.3, -0.25) is 0 Å². The maximum atomic E-state index is 7.14. The molecule has 3 aromatic heterocycles. The average molecular weight is 903 g/mol. The van der Waals surface area contributed by atoms with Crippen molar-refractivity contribution in [1.29, 1.82) is 0 Å². The Morgan fingerprint density at radius 2 is 0.831 bits per heavy atom. The van der Waals surface area contributed by atoms with Crippen molar-refractivity contribution in [3.05, 3.63) is 255 Å². The fourth-order valence-electron chi connectivity index (χ4n) is 11.6. The summed E-state index contributed by atoms with van der Waals surface area (Å²) < 4.78 is 12.0. The topological polar surface area (TPSA) is 23.0 Å². The highest BCUT2D eigenvalue weighted by atomic mass is 16.3. The summed E-state index contributed by atoms with van der Waals surface area (Å²) in [6, 6.07) is 93.2. The highest BCUT2D eigenvalue weighted by Gasteiger charge is 2.24. The molecule has 0 spiro atoms. The number of aromatic nitrogens is 2. The van der Waals surface area contributed by atoms with Gasteiger partial charge in [-0.25, -0.2) is 0 Å². The summed E-state index contributed by atoms with van der Waals surface area (Å²) in [5.74, 6) is 0. The molecule has 0 radical (unpaired) electrons. The number of nitrogens with zero attached hydrogens (tertiary/aromatic N) is 2. The third kappa shape index (κ3) is 6.16. The van der Waals surface area contributed by atoms with Gasteiger partial charge in [-0.15, -0.1) is 0 Å². The van der Waals surface area contributed by atoms with E-state index < -0.39 is 0 Å². The largest absolute Gasteiger partial charge is 0.455 e. The molecule has 0 amide bonds. The minimum atomic E-state index is 0.863. The molecule has 0 aliphatic heterocycles. The second-order valence-corrected chi connectivity index (χ2v) is 18.8. The standard InChI is InChI=1S/C68H42N2O/c1-3-15-43(16-4-1)44-27-29-45(30-28-44)50-37-51(49-31-33-56-55-23-11-13-25-60(55)69(63(56)42-49)53-20-5-2-6-21-53)39-52(38-50)66-61(36-34-58-57-24-12-14-26-65(57)71-68(58)66)70-62-35-32-46-17-9-10-22-54(46)67(62)59-40-47-18-7-8-19-48(47)41-64(59)70/h1-42H. The summed E-state index contributed by atoms with van der Waals surface area (Å²) in [6.45, 7) is 0. The first-order chi connectivity index (χ1) is 35.2.